The lowest BCUT2D eigenvalue weighted by molar-refractivity contribution is 0.398. The van der Waals surface area contributed by atoms with Gasteiger partial charge < -0.3 is 9.47 Å². The zero-order valence-electron chi connectivity index (χ0n) is 22.6. The molecule has 0 radical (unpaired) electrons. The van der Waals surface area contributed by atoms with Gasteiger partial charge in [0, 0.05) is 39.5 Å². The van der Waals surface area contributed by atoms with Crippen LogP contribution in [0.15, 0.2) is 75.4 Å². The molecular weight excluding hydrogens is 526 g/mol. The third-order valence-electron chi connectivity index (χ3n) is 7.58. The predicted octanol–water partition coefficient (Wildman–Crippen LogP) is 2.66. The first-order valence-corrected chi connectivity index (χ1v) is 14.4. The van der Waals surface area contributed by atoms with Crippen LogP contribution in [0.4, 0.5) is 5.95 Å². The molecule has 11 nitrogen and oxygen atoms in total. The first-order valence-electron chi connectivity index (χ1n) is 13.4. The molecule has 5 aromatic rings. The van der Waals surface area contributed by atoms with E-state index in [-0.39, 0.29) is 11.2 Å². The number of thioether (sulfide) groups is 1. The highest BCUT2D eigenvalue weighted by atomic mass is 32.2. The highest BCUT2D eigenvalue weighted by molar-refractivity contribution is 7.99. The Balaban J connectivity index is 1.27. The highest BCUT2D eigenvalue weighted by Gasteiger charge is 2.26. The van der Waals surface area contributed by atoms with Gasteiger partial charge in [0.1, 0.15) is 0 Å². The summed E-state index contributed by atoms with van der Waals surface area (Å²) in [5, 5.41) is 12.9. The van der Waals surface area contributed by atoms with Gasteiger partial charge >= 0.3 is 5.69 Å². The molecule has 4 heterocycles. The Hall–Kier alpha value is -4.19. The Morgan fingerprint density at radius 3 is 2.35 bits per heavy atom. The summed E-state index contributed by atoms with van der Waals surface area (Å²) in [7, 11) is 3.18. The van der Waals surface area contributed by atoms with Gasteiger partial charge in [-0.25, -0.2) is 4.79 Å². The molecule has 0 spiro atoms. The van der Waals surface area contributed by atoms with E-state index in [1.165, 1.54) is 28.9 Å². The first kappa shape index (κ1) is 26.1. The fourth-order valence-electron chi connectivity index (χ4n) is 5.40. The lowest BCUT2D eigenvalue weighted by Crippen LogP contribution is -2.38. The van der Waals surface area contributed by atoms with E-state index in [4.69, 9.17) is 4.98 Å². The summed E-state index contributed by atoms with van der Waals surface area (Å²) in [5.74, 6) is 1.94. The van der Waals surface area contributed by atoms with Gasteiger partial charge in [0.05, 0.1) is 5.69 Å². The Bertz CT molecular complexity index is 1730. The number of imidazole rings is 1. The molecule has 3 aromatic heterocycles. The number of para-hydroxylation sites is 1. The number of hydrogen-bond donors (Lipinski definition) is 0. The van der Waals surface area contributed by atoms with E-state index in [2.05, 4.69) is 50.8 Å². The minimum atomic E-state index is -0.383. The maximum Gasteiger partial charge on any atom is 0.332 e. The van der Waals surface area contributed by atoms with Gasteiger partial charge in [0.25, 0.3) is 5.56 Å². The number of aromatic nitrogens is 8. The molecule has 1 saturated heterocycles. The van der Waals surface area contributed by atoms with Crippen LogP contribution in [0, 0.1) is 5.92 Å². The zero-order valence-corrected chi connectivity index (χ0v) is 23.4. The second kappa shape index (κ2) is 11.1. The van der Waals surface area contributed by atoms with Crippen molar-refractivity contribution in [3.05, 3.63) is 87.1 Å². The molecule has 1 fully saturated rings. The average molecular weight is 558 g/mol. The van der Waals surface area contributed by atoms with Crippen molar-refractivity contribution in [2.75, 3.05) is 23.7 Å². The molecule has 1 aliphatic rings. The van der Waals surface area contributed by atoms with Crippen LogP contribution in [-0.2, 0) is 27.1 Å². The number of fused-ring (bicyclic) bond motifs is 1. The number of benzene rings is 2. The van der Waals surface area contributed by atoms with Gasteiger partial charge in [-0.3, -0.25) is 13.9 Å². The van der Waals surface area contributed by atoms with Crippen LogP contribution >= 0.6 is 11.8 Å². The van der Waals surface area contributed by atoms with Gasteiger partial charge in [-0.1, -0.05) is 60.3 Å². The monoisotopic (exact) mass is 557 g/mol. The minimum absolute atomic E-state index is 0.338. The van der Waals surface area contributed by atoms with Crippen molar-refractivity contribution < 1.29 is 0 Å². The molecular formula is C28H31N9O2S. The minimum Gasteiger partial charge on any atom is -0.342 e. The van der Waals surface area contributed by atoms with E-state index in [1.807, 2.05) is 34.9 Å². The second-order valence-electron chi connectivity index (χ2n) is 10.1. The number of anilines is 1. The normalized spacial score (nSPS) is 14.3. The summed E-state index contributed by atoms with van der Waals surface area (Å²) in [6, 6.07) is 20.3. The molecule has 0 atom stereocenters. The van der Waals surface area contributed by atoms with Crippen LogP contribution in [0.5, 0.6) is 0 Å². The maximum atomic E-state index is 13.3. The number of aryl methyl sites for hydroxylation is 2. The molecule has 0 N–H and O–H groups in total. The SMILES string of the molecule is Cn1c(=O)c2c(nc(N3CCC(Cc4ccccc4)CC3)n2CCSc2nnnn2-c2ccccc2)n(C)c1=O. The quantitative estimate of drug-likeness (QED) is 0.268. The van der Waals surface area contributed by atoms with Gasteiger partial charge in [-0.15, -0.1) is 5.10 Å². The summed E-state index contributed by atoms with van der Waals surface area (Å²) in [6.07, 6.45) is 3.14. The van der Waals surface area contributed by atoms with Crippen LogP contribution in [0.3, 0.4) is 0 Å². The number of nitrogens with zero attached hydrogens (tertiary/aromatic N) is 9. The summed E-state index contributed by atoms with van der Waals surface area (Å²) in [4.78, 5) is 33.2. The largest absolute Gasteiger partial charge is 0.342 e. The van der Waals surface area contributed by atoms with Crippen molar-refractivity contribution in [3.63, 3.8) is 0 Å². The topological polar surface area (TPSA) is 109 Å². The summed E-state index contributed by atoms with van der Waals surface area (Å²) in [6.45, 7) is 2.19. The molecule has 0 amide bonds. The highest BCUT2D eigenvalue weighted by Crippen LogP contribution is 2.28. The fraction of sp³-hybridized carbons (Fsp3) is 0.357. The number of hydrogen-bond acceptors (Lipinski definition) is 8. The van der Waals surface area contributed by atoms with E-state index < -0.39 is 0 Å². The van der Waals surface area contributed by atoms with E-state index in [9.17, 15) is 9.59 Å². The van der Waals surface area contributed by atoms with Crippen molar-refractivity contribution in [3.8, 4) is 5.69 Å². The summed E-state index contributed by atoms with van der Waals surface area (Å²) in [5.41, 5.74) is 2.37. The molecule has 0 saturated carbocycles. The number of tetrazole rings is 1. The molecule has 6 rings (SSSR count). The third-order valence-corrected chi connectivity index (χ3v) is 8.48. The van der Waals surface area contributed by atoms with E-state index in [0.717, 1.165) is 48.6 Å². The van der Waals surface area contributed by atoms with Gasteiger partial charge in [-0.2, -0.15) is 9.67 Å². The lowest BCUT2D eigenvalue weighted by atomic mass is 9.90. The Morgan fingerprint density at radius 2 is 1.62 bits per heavy atom. The van der Waals surface area contributed by atoms with Crippen molar-refractivity contribution in [2.45, 2.75) is 31.0 Å². The van der Waals surface area contributed by atoms with Gasteiger partial charge in [-0.05, 0) is 53.3 Å². The lowest BCUT2D eigenvalue weighted by Gasteiger charge is -2.33. The Morgan fingerprint density at radius 1 is 0.925 bits per heavy atom. The smallest absolute Gasteiger partial charge is 0.332 e. The Labute approximate surface area is 235 Å². The number of piperidine rings is 1. The molecule has 1 aliphatic heterocycles. The first-order chi connectivity index (χ1) is 19.5. The van der Waals surface area contributed by atoms with Crippen molar-refractivity contribution in [1.82, 2.24) is 38.9 Å². The molecule has 206 valence electrons. The molecule has 0 bridgehead atoms. The van der Waals surface area contributed by atoms with Crippen molar-refractivity contribution >= 4 is 28.9 Å². The van der Waals surface area contributed by atoms with E-state index in [1.54, 1.807) is 11.7 Å². The Kier molecular flexibility index (Phi) is 7.25. The van der Waals surface area contributed by atoms with Gasteiger partial charge in [0.2, 0.25) is 11.1 Å². The molecule has 0 unspecified atom stereocenters. The molecule has 12 heteroatoms. The van der Waals surface area contributed by atoms with Crippen LogP contribution in [-0.4, -0.2) is 57.7 Å². The molecule has 40 heavy (non-hydrogen) atoms. The van der Waals surface area contributed by atoms with E-state index in [0.29, 0.717) is 34.5 Å². The predicted molar refractivity (Wildman–Crippen MR) is 155 cm³/mol. The van der Waals surface area contributed by atoms with Crippen LogP contribution in [0.2, 0.25) is 0 Å². The second-order valence-corrected chi connectivity index (χ2v) is 11.2. The van der Waals surface area contributed by atoms with Crippen molar-refractivity contribution in [1.29, 1.82) is 0 Å². The zero-order chi connectivity index (χ0) is 27.6. The van der Waals surface area contributed by atoms with Gasteiger partial charge in [0.15, 0.2) is 11.2 Å². The van der Waals surface area contributed by atoms with Crippen LogP contribution in [0.1, 0.15) is 18.4 Å². The molecule has 0 aliphatic carbocycles. The van der Waals surface area contributed by atoms with Crippen molar-refractivity contribution in [2.24, 2.45) is 20.0 Å². The van der Waals surface area contributed by atoms with E-state index >= 15 is 0 Å². The summed E-state index contributed by atoms with van der Waals surface area (Å²) < 4.78 is 6.29. The molecule has 2 aromatic carbocycles. The average Bonchev–Trinajstić information content (AvgIpc) is 3.62. The fourth-order valence-corrected chi connectivity index (χ4v) is 6.22. The van der Waals surface area contributed by atoms with Crippen LogP contribution in [0.25, 0.3) is 16.9 Å². The van der Waals surface area contributed by atoms with Crippen LogP contribution < -0.4 is 16.1 Å². The number of rotatable bonds is 8. The standard InChI is InChI=1S/C28H31N9O2S/c1-33-24-23(25(38)34(2)28(33)39)36(17-18-40-27-30-31-32-37(27)22-11-7-4-8-12-22)26(29-24)35-15-13-21(14-16-35)19-20-9-5-3-6-10-20/h3-12,21H,13-19H2,1-2H3. The summed E-state index contributed by atoms with van der Waals surface area (Å²) >= 11 is 1.51. The maximum absolute atomic E-state index is 13.3. The third kappa shape index (κ3) is 4.94.